The Hall–Kier alpha value is -1.98. The first-order chi connectivity index (χ1) is 10.5. The van der Waals surface area contributed by atoms with Crippen molar-refractivity contribution in [3.63, 3.8) is 0 Å². The van der Waals surface area contributed by atoms with Gasteiger partial charge in [-0.2, -0.15) is 0 Å². The molecule has 1 atom stereocenters. The van der Waals surface area contributed by atoms with Gasteiger partial charge in [-0.15, -0.1) is 11.3 Å². The molecule has 0 saturated carbocycles. The molecule has 22 heavy (non-hydrogen) atoms. The highest BCUT2D eigenvalue weighted by Crippen LogP contribution is 2.19. The zero-order valence-corrected chi connectivity index (χ0v) is 13.8. The average molecular weight is 316 g/mol. The molecule has 5 heteroatoms. The Labute approximate surface area is 134 Å². The van der Waals surface area contributed by atoms with E-state index in [1.165, 1.54) is 18.3 Å². The van der Waals surface area contributed by atoms with E-state index in [0.717, 1.165) is 5.56 Å². The number of carbonyl (C=O) groups is 2. The van der Waals surface area contributed by atoms with Crippen molar-refractivity contribution < 1.29 is 9.59 Å². The van der Waals surface area contributed by atoms with Crippen LogP contribution < -0.4 is 5.32 Å². The molecule has 0 aliphatic carbocycles. The molecule has 0 spiro atoms. The van der Waals surface area contributed by atoms with E-state index in [1.807, 2.05) is 49.3 Å². The summed E-state index contributed by atoms with van der Waals surface area (Å²) in [6.07, 6.45) is 0. The van der Waals surface area contributed by atoms with E-state index in [-0.39, 0.29) is 17.7 Å². The Morgan fingerprint density at radius 3 is 2.27 bits per heavy atom. The monoisotopic (exact) mass is 316 g/mol. The van der Waals surface area contributed by atoms with Gasteiger partial charge in [0.15, 0.2) is 5.78 Å². The molecule has 0 radical (unpaired) electrons. The molecule has 0 saturated heterocycles. The number of nitrogens with zero attached hydrogens (tertiary/aromatic N) is 1. The van der Waals surface area contributed by atoms with Crippen LogP contribution in [0, 0.1) is 0 Å². The fraction of sp³-hybridized carbons (Fsp3) is 0.294. The first-order valence-electron chi connectivity index (χ1n) is 7.08. The molecule has 0 aliphatic rings. The number of amides is 1. The summed E-state index contributed by atoms with van der Waals surface area (Å²) in [5, 5.41) is 3.05. The Balaban J connectivity index is 2.15. The van der Waals surface area contributed by atoms with E-state index < -0.39 is 0 Å². The molecule has 4 nitrogen and oxygen atoms in total. The topological polar surface area (TPSA) is 49.4 Å². The van der Waals surface area contributed by atoms with E-state index in [4.69, 9.17) is 0 Å². The summed E-state index contributed by atoms with van der Waals surface area (Å²) in [6, 6.07) is 13.2. The molecule has 1 aromatic carbocycles. The van der Waals surface area contributed by atoms with E-state index in [2.05, 4.69) is 5.32 Å². The van der Waals surface area contributed by atoms with Crippen LogP contribution in [0.25, 0.3) is 0 Å². The van der Waals surface area contributed by atoms with Crippen molar-refractivity contribution in [2.24, 2.45) is 0 Å². The van der Waals surface area contributed by atoms with Crippen LogP contribution in [0.4, 0.5) is 0 Å². The molecule has 2 rings (SSSR count). The maximum Gasteiger partial charge on any atom is 0.261 e. The van der Waals surface area contributed by atoms with Crippen LogP contribution >= 0.6 is 11.3 Å². The van der Waals surface area contributed by atoms with Crippen LogP contribution in [0.15, 0.2) is 42.5 Å². The highest BCUT2D eigenvalue weighted by atomic mass is 32.1. The van der Waals surface area contributed by atoms with Crippen molar-refractivity contribution in [3.8, 4) is 0 Å². The molecule has 1 heterocycles. The molecular weight excluding hydrogens is 296 g/mol. The predicted molar refractivity (Wildman–Crippen MR) is 89.5 cm³/mol. The molecule has 0 fully saturated rings. The van der Waals surface area contributed by atoms with Crippen molar-refractivity contribution >= 4 is 23.0 Å². The van der Waals surface area contributed by atoms with Gasteiger partial charge >= 0.3 is 0 Å². The number of likely N-dealkylation sites (N-methyl/N-ethyl adjacent to an activating group) is 1. The standard InChI is InChI=1S/C17H20N2O2S/c1-12(20)15-9-10-16(22-15)17(21)18-14(11-19(2)3)13-7-5-4-6-8-13/h4-10,14H,11H2,1-3H3,(H,18,21)/t14-/m0/s1. The number of Topliss-reactive ketones (excluding diaryl/α,β-unsaturated/α-hetero) is 1. The predicted octanol–water partition coefficient (Wildman–Crippen LogP) is 2.98. The second-order valence-corrected chi connectivity index (χ2v) is 6.50. The summed E-state index contributed by atoms with van der Waals surface area (Å²) in [7, 11) is 3.95. The van der Waals surface area contributed by atoms with Crippen molar-refractivity contribution in [2.45, 2.75) is 13.0 Å². The summed E-state index contributed by atoms with van der Waals surface area (Å²) in [5.41, 5.74) is 1.06. The minimum Gasteiger partial charge on any atom is -0.343 e. The number of benzene rings is 1. The molecule has 0 aliphatic heterocycles. The fourth-order valence-corrected chi connectivity index (χ4v) is 2.97. The first kappa shape index (κ1) is 16.4. The van der Waals surface area contributed by atoms with Gasteiger partial charge in [-0.05, 0) is 38.7 Å². The lowest BCUT2D eigenvalue weighted by atomic mass is 10.1. The lowest BCUT2D eigenvalue weighted by Gasteiger charge is -2.22. The Morgan fingerprint density at radius 2 is 1.73 bits per heavy atom. The molecule has 1 amide bonds. The van der Waals surface area contributed by atoms with Gasteiger partial charge in [0.05, 0.1) is 15.8 Å². The van der Waals surface area contributed by atoms with Crippen molar-refractivity contribution in [3.05, 3.63) is 57.8 Å². The van der Waals surface area contributed by atoms with Gasteiger partial charge in [-0.1, -0.05) is 30.3 Å². The summed E-state index contributed by atoms with van der Waals surface area (Å²) in [4.78, 5) is 27.0. The van der Waals surface area contributed by atoms with Crippen LogP contribution in [0.1, 0.15) is 37.9 Å². The van der Waals surface area contributed by atoms with Crippen LogP contribution in [0.3, 0.4) is 0 Å². The van der Waals surface area contributed by atoms with Gasteiger partial charge in [0.2, 0.25) is 0 Å². The number of nitrogens with one attached hydrogen (secondary N) is 1. The number of ketones is 1. The van der Waals surface area contributed by atoms with E-state index in [0.29, 0.717) is 16.3 Å². The quantitative estimate of drug-likeness (QED) is 0.834. The average Bonchev–Trinajstić information content (AvgIpc) is 2.97. The highest BCUT2D eigenvalue weighted by Gasteiger charge is 2.18. The summed E-state index contributed by atoms with van der Waals surface area (Å²) >= 11 is 1.23. The first-order valence-corrected chi connectivity index (χ1v) is 7.90. The number of thiophene rings is 1. The van der Waals surface area contributed by atoms with Gasteiger partial charge in [-0.25, -0.2) is 0 Å². The third-order valence-corrected chi connectivity index (χ3v) is 4.42. The van der Waals surface area contributed by atoms with E-state index in [1.54, 1.807) is 12.1 Å². The van der Waals surface area contributed by atoms with Crippen LogP contribution in [0.2, 0.25) is 0 Å². The smallest absolute Gasteiger partial charge is 0.261 e. The maximum atomic E-state index is 12.4. The number of rotatable bonds is 6. The van der Waals surface area contributed by atoms with E-state index >= 15 is 0 Å². The molecule has 116 valence electrons. The lowest BCUT2D eigenvalue weighted by Crippen LogP contribution is -2.34. The SMILES string of the molecule is CC(=O)c1ccc(C(=O)N[C@@H](CN(C)C)c2ccccc2)s1. The largest absolute Gasteiger partial charge is 0.343 e. The van der Waals surface area contributed by atoms with Gasteiger partial charge < -0.3 is 10.2 Å². The second-order valence-electron chi connectivity index (χ2n) is 5.42. The summed E-state index contributed by atoms with van der Waals surface area (Å²) < 4.78 is 0. The number of hydrogen-bond donors (Lipinski definition) is 1. The Morgan fingerprint density at radius 1 is 1.09 bits per heavy atom. The van der Waals surface area contributed by atoms with Crippen LogP contribution in [-0.4, -0.2) is 37.2 Å². The molecule has 0 unspecified atom stereocenters. The molecule has 0 bridgehead atoms. The molecule has 1 N–H and O–H groups in total. The van der Waals surface area contributed by atoms with Crippen LogP contribution in [0.5, 0.6) is 0 Å². The van der Waals surface area contributed by atoms with Gasteiger partial charge in [0.25, 0.3) is 5.91 Å². The number of hydrogen-bond acceptors (Lipinski definition) is 4. The fourth-order valence-electron chi connectivity index (χ4n) is 2.16. The highest BCUT2D eigenvalue weighted by molar-refractivity contribution is 7.15. The minimum absolute atomic E-state index is 0.0167. The summed E-state index contributed by atoms with van der Waals surface area (Å²) in [5.74, 6) is -0.162. The normalized spacial score (nSPS) is 12.2. The minimum atomic E-state index is -0.145. The van der Waals surface area contributed by atoms with Gasteiger partial charge in [0.1, 0.15) is 0 Å². The van der Waals surface area contributed by atoms with Crippen molar-refractivity contribution in [1.82, 2.24) is 10.2 Å². The van der Waals surface area contributed by atoms with Gasteiger partial charge in [-0.3, -0.25) is 9.59 Å². The zero-order chi connectivity index (χ0) is 16.1. The molecular formula is C17H20N2O2S. The zero-order valence-electron chi connectivity index (χ0n) is 13.0. The Bertz CT molecular complexity index is 650. The van der Waals surface area contributed by atoms with Crippen molar-refractivity contribution in [1.29, 1.82) is 0 Å². The summed E-state index contributed by atoms with van der Waals surface area (Å²) in [6.45, 7) is 2.22. The lowest BCUT2D eigenvalue weighted by molar-refractivity contribution is 0.0933. The molecule has 1 aromatic heterocycles. The van der Waals surface area contributed by atoms with Crippen molar-refractivity contribution in [2.75, 3.05) is 20.6 Å². The van der Waals surface area contributed by atoms with Crippen LogP contribution in [-0.2, 0) is 0 Å². The number of carbonyl (C=O) groups excluding carboxylic acids is 2. The molecule has 2 aromatic rings. The third-order valence-electron chi connectivity index (χ3n) is 3.23. The van der Waals surface area contributed by atoms with E-state index in [9.17, 15) is 9.59 Å². The second kappa shape index (κ2) is 7.33. The Kier molecular flexibility index (Phi) is 5.46. The van der Waals surface area contributed by atoms with Gasteiger partial charge in [0, 0.05) is 6.54 Å². The third kappa shape index (κ3) is 4.26. The maximum absolute atomic E-state index is 12.4.